The van der Waals surface area contributed by atoms with E-state index < -0.39 is 14.1 Å². The third-order valence-corrected chi connectivity index (χ3v) is 7.59. The number of hydrogen-bond acceptors (Lipinski definition) is 5. The van der Waals surface area contributed by atoms with Gasteiger partial charge in [0.2, 0.25) is 5.30 Å². The van der Waals surface area contributed by atoms with Crippen molar-refractivity contribution >= 4 is 13.3 Å². The molecular formula is C28H33NO5P+. The van der Waals surface area contributed by atoms with Crippen LogP contribution in [0.3, 0.4) is 0 Å². The second-order valence-corrected chi connectivity index (χ2v) is 10.4. The summed E-state index contributed by atoms with van der Waals surface area (Å²) < 4.78 is 17.4. The molecule has 2 atom stereocenters. The van der Waals surface area contributed by atoms with Crippen molar-refractivity contribution in [3.05, 3.63) is 89.5 Å². The van der Waals surface area contributed by atoms with E-state index in [0.29, 0.717) is 23.8 Å². The molecule has 1 fully saturated rings. The van der Waals surface area contributed by atoms with Gasteiger partial charge in [-0.2, -0.15) is 4.89 Å². The highest BCUT2D eigenvalue weighted by Gasteiger charge is 2.34. The minimum absolute atomic E-state index is 0.0241. The lowest BCUT2D eigenvalue weighted by Gasteiger charge is -2.32. The number of phenolic OH excluding ortho intramolecular Hbond substituents is 1. The van der Waals surface area contributed by atoms with E-state index >= 15 is 0 Å². The van der Waals surface area contributed by atoms with Crippen molar-refractivity contribution in [1.29, 1.82) is 0 Å². The van der Waals surface area contributed by atoms with Crippen LogP contribution in [0.4, 0.5) is 0 Å². The third kappa shape index (κ3) is 7.12. The van der Waals surface area contributed by atoms with E-state index in [4.69, 9.17) is 4.74 Å². The first kappa shape index (κ1) is 25.3. The summed E-state index contributed by atoms with van der Waals surface area (Å²) in [5.74, 6) is 0.948. The topological polar surface area (TPSA) is 99.0 Å². The summed E-state index contributed by atoms with van der Waals surface area (Å²) in [6.45, 7) is 0.760. The molecule has 6 nitrogen and oxygen atoms in total. The van der Waals surface area contributed by atoms with E-state index in [-0.39, 0.29) is 17.9 Å². The van der Waals surface area contributed by atoms with Gasteiger partial charge in [0.25, 0.3) is 0 Å². The molecule has 1 aliphatic rings. The van der Waals surface area contributed by atoms with Crippen molar-refractivity contribution in [2.75, 3.05) is 6.54 Å². The summed E-state index contributed by atoms with van der Waals surface area (Å²) in [7, 11) is -2.41. The van der Waals surface area contributed by atoms with Gasteiger partial charge in [-0.25, -0.2) is 0 Å². The highest BCUT2D eigenvalue weighted by molar-refractivity contribution is 7.47. The van der Waals surface area contributed by atoms with Crippen LogP contribution in [0.25, 0.3) is 0 Å². The maximum absolute atomic E-state index is 11.5. The zero-order chi connectivity index (χ0) is 24.7. The fourth-order valence-electron chi connectivity index (χ4n) is 4.85. The first-order chi connectivity index (χ1) is 16.9. The van der Waals surface area contributed by atoms with Crippen LogP contribution >= 0.6 is 8.03 Å². The van der Waals surface area contributed by atoms with Gasteiger partial charge in [-0.05, 0) is 71.7 Å². The van der Waals surface area contributed by atoms with Gasteiger partial charge in [0, 0.05) is 17.6 Å². The Kier molecular flexibility index (Phi) is 8.53. The molecule has 1 unspecified atom stereocenters. The number of ether oxygens (including phenoxy) is 1. The van der Waals surface area contributed by atoms with Crippen molar-refractivity contribution in [3.63, 3.8) is 0 Å². The highest BCUT2D eigenvalue weighted by Crippen LogP contribution is 2.33. The number of aliphatic hydroxyl groups excluding tert-OH is 1. The standard InChI is InChI=1S/C28H32NO5P/c30-24-11-7-21(8-12-24)17-25(31)19-29-28(15-3-4-16-28)18-22-9-13-26(14-10-22)34-20-23-5-1-2-6-27(23)35(32)33/h1-2,5-14,25,29,31H,3-4,15-20H2,(H-,30,32,33)/p+1/t25-/m0/s1. The summed E-state index contributed by atoms with van der Waals surface area (Å²) >= 11 is 0. The molecule has 0 aliphatic heterocycles. The Morgan fingerprint density at radius 2 is 1.60 bits per heavy atom. The molecule has 0 aromatic heterocycles. The number of phenols is 1. The lowest BCUT2D eigenvalue weighted by Crippen LogP contribution is -2.48. The van der Waals surface area contributed by atoms with Crippen LogP contribution in [0, 0.1) is 0 Å². The molecule has 3 aromatic carbocycles. The van der Waals surface area contributed by atoms with Crippen molar-refractivity contribution in [2.45, 2.75) is 56.8 Å². The predicted molar refractivity (Wildman–Crippen MR) is 137 cm³/mol. The Hall–Kier alpha value is -2.76. The van der Waals surface area contributed by atoms with Gasteiger partial charge >= 0.3 is 8.03 Å². The van der Waals surface area contributed by atoms with Crippen LogP contribution < -0.4 is 15.4 Å². The molecule has 0 bridgehead atoms. The van der Waals surface area contributed by atoms with Crippen molar-refractivity contribution in [3.8, 4) is 11.5 Å². The van der Waals surface area contributed by atoms with Gasteiger partial charge < -0.3 is 20.3 Å². The normalized spacial score (nSPS) is 16.1. The number of rotatable bonds is 11. The Morgan fingerprint density at radius 1 is 0.943 bits per heavy atom. The Bertz CT molecular complexity index is 1110. The van der Waals surface area contributed by atoms with E-state index in [9.17, 15) is 19.7 Å². The quantitative estimate of drug-likeness (QED) is 0.295. The molecule has 35 heavy (non-hydrogen) atoms. The minimum atomic E-state index is -2.41. The molecule has 0 saturated heterocycles. The Labute approximate surface area is 207 Å². The highest BCUT2D eigenvalue weighted by atomic mass is 31.1. The molecule has 0 spiro atoms. The number of aromatic hydroxyl groups is 1. The van der Waals surface area contributed by atoms with Crippen LogP contribution in [0.1, 0.15) is 42.4 Å². The zero-order valence-corrected chi connectivity index (χ0v) is 20.7. The van der Waals surface area contributed by atoms with E-state index in [1.807, 2.05) is 30.3 Å². The van der Waals surface area contributed by atoms with Crippen molar-refractivity contribution in [1.82, 2.24) is 5.32 Å². The molecule has 1 saturated carbocycles. The number of aliphatic hydroxyl groups is 1. The molecule has 0 radical (unpaired) electrons. The number of nitrogens with one attached hydrogen (secondary N) is 1. The maximum atomic E-state index is 11.5. The van der Waals surface area contributed by atoms with Crippen molar-refractivity contribution < 1.29 is 24.4 Å². The average Bonchev–Trinajstić information content (AvgIpc) is 3.32. The number of hydrogen-bond donors (Lipinski definition) is 4. The van der Waals surface area contributed by atoms with Crippen LogP contribution in [-0.2, 0) is 24.0 Å². The molecule has 0 amide bonds. The van der Waals surface area contributed by atoms with Gasteiger partial charge in [0.05, 0.1) is 6.10 Å². The first-order valence-electron chi connectivity index (χ1n) is 12.1. The molecule has 3 aromatic rings. The second kappa shape index (κ2) is 11.8. The monoisotopic (exact) mass is 494 g/mol. The molecule has 1 aliphatic carbocycles. The van der Waals surface area contributed by atoms with E-state index in [2.05, 4.69) is 17.4 Å². The van der Waals surface area contributed by atoms with Crippen LogP contribution in [0.15, 0.2) is 72.8 Å². The lowest BCUT2D eigenvalue weighted by atomic mass is 9.88. The maximum Gasteiger partial charge on any atom is 0.546 e. The van der Waals surface area contributed by atoms with E-state index in [0.717, 1.165) is 30.6 Å². The molecular weight excluding hydrogens is 461 g/mol. The van der Waals surface area contributed by atoms with Crippen LogP contribution in [-0.4, -0.2) is 33.3 Å². The molecule has 0 heterocycles. The van der Waals surface area contributed by atoms with E-state index in [1.165, 1.54) is 18.4 Å². The van der Waals surface area contributed by atoms with Gasteiger partial charge in [0.1, 0.15) is 18.1 Å². The summed E-state index contributed by atoms with van der Waals surface area (Å²) in [6, 6.07) is 22.0. The first-order valence-corrected chi connectivity index (χ1v) is 13.3. The van der Waals surface area contributed by atoms with E-state index in [1.54, 1.807) is 30.3 Å². The lowest BCUT2D eigenvalue weighted by molar-refractivity contribution is 0.153. The van der Waals surface area contributed by atoms with Gasteiger partial charge in [0.15, 0.2) is 0 Å². The molecule has 4 N–H and O–H groups in total. The largest absolute Gasteiger partial charge is 0.546 e. The SMILES string of the molecule is O=[P+](O)c1ccccc1COc1ccc(CC2(NC[C@@H](O)Cc3ccc(O)cc3)CCCC2)cc1. The van der Waals surface area contributed by atoms with Gasteiger partial charge in [-0.3, -0.25) is 0 Å². The van der Waals surface area contributed by atoms with Crippen LogP contribution in [0.5, 0.6) is 11.5 Å². The Morgan fingerprint density at radius 3 is 2.29 bits per heavy atom. The van der Waals surface area contributed by atoms with Crippen molar-refractivity contribution in [2.24, 2.45) is 0 Å². The fourth-order valence-corrected chi connectivity index (χ4v) is 5.45. The van der Waals surface area contributed by atoms with Gasteiger partial charge in [-0.1, -0.05) is 55.3 Å². The second-order valence-electron chi connectivity index (χ2n) is 9.40. The smallest absolute Gasteiger partial charge is 0.508 e. The number of β-amino-alcohol motifs (C(OH)–C–C–N with tert-alkyl or cyclic N) is 1. The third-order valence-electron chi connectivity index (χ3n) is 6.74. The predicted octanol–water partition coefficient (Wildman–Crippen LogP) is 4.38. The Balaban J connectivity index is 1.32. The minimum Gasteiger partial charge on any atom is -0.508 e. The summed E-state index contributed by atoms with van der Waals surface area (Å²) in [5, 5.41) is 24.1. The summed E-state index contributed by atoms with van der Waals surface area (Å²) in [5.41, 5.74) is 2.89. The molecule has 4 rings (SSSR count). The van der Waals surface area contributed by atoms with Gasteiger partial charge in [-0.15, -0.1) is 0 Å². The molecule has 7 heteroatoms. The average molecular weight is 495 g/mol. The molecule has 184 valence electrons. The summed E-state index contributed by atoms with van der Waals surface area (Å²) in [6.07, 6.45) is 5.44. The zero-order valence-electron chi connectivity index (χ0n) is 19.8. The van der Waals surface area contributed by atoms with Crippen LogP contribution in [0.2, 0.25) is 0 Å². The summed E-state index contributed by atoms with van der Waals surface area (Å²) in [4.78, 5) is 9.48. The fraction of sp³-hybridized carbons (Fsp3) is 0.357. The number of benzene rings is 3.